The molecule has 1 spiro atoms. The number of carbonyl (C=O) groups is 1. The first kappa shape index (κ1) is 46.4. The average molecular weight is 963 g/mol. The van der Waals surface area contributed by atoms with E-state index in [1.807, 2.05) is 12.1 Å². The van der Waals surface area contributed by atoms with Crippen molar-refractivity contribution in [2.75, 3.05) is 38.3 Å². The Morgan fingerprint density at radius 3 is 2.49 bits per heavy atom. The molecule has 3 aliphatic heterocycles. The van der Waals surface area contributed by atoms with Gasteiger partial charge in [-0.2, -0.15) is 4.98 Å². The van der Waals surface area contributed by atoms with Gasteiger partial charge < -0.3 is 24.1 Å². The number of likely N-dealkylation sites (tertiary alicyclic amines) is 1. The number of aromatic nitrogens is 2. The number of piperidine rings is 1. The van der Waals surface area contributed by atoms with Gasteiger partial charge in [-0.15, -0.1) is 11.8 Å². The number of amides is 1. The number of hydrogen-bond acceptors (Lipinski definition) is 12. The summed E-state index contributed by atoms with van der Waals surface area (Å²) >= 11 is 1.39. The number of fused-ring (bicyclic) bond motifs is 2. The fourth-order valence-electron chi connectivity index (χ4n) is 11.7. The molecule has 1 amide bonds. The van der Waals surface area contributed by atoms with Gasteiger partial charge in [0.1, 0.15) is 28.6 Å². The van der Waals surface area contributed by atoms with E-state index in [0.717, 1.165) is 75.3 Å². The molecule has 2 aromatic heterocycles. The van der Waals surface area contributed by atoms with Gasteiger partial charge >= 0.3 is 0 Å². The summed E-state index contributed by atoms with van der Waals surface area (Å²) in [5.41, 5.74) is 4.50. The van der Waals surface area contributed by atoms with E-state index in [4.69, 9.17) is 14.2 Å². The van der Waals surface area contributed by atoms with E-state index in [0.29, 0.717) is 41.1 Å². The van der Waals surface area contributed by atoms with E-state index in [1.165, 1.54) is 61.7 Å². The molecule has 14 nitrogen and oxygen atoms in total. The maximum Gasteiger partial charge on any atom is 0.288 e. The zero-order valence-electron chi connectivity index (χ0n) is 39.6. The number of pyridine rings is 1. The number of methoxy groups -OCH3 is 1. The summed E-state index contributed by atoms with van der Waals surface area (Å²) in [4.78, 5) is 38.7. The standard InChI is InChI=1S/C52H62N6O8S2/c1-32(2)38-9-6-7-10-39(38)41-11-8-22-57(41)36-29-52(30-36)19-23-56(24-20-52)35-12-13-40(43(26-35)66-45-25-34-16-21-53-48(34)54-50(45)64-5)49(59)55-68(62,63)37-27-42(58(60)61)47-44(28-37)65-31-46(67-47)33-14-17-51(3,4)18-15-33/h6-7,9-10,12-13,16,21,25-28,32-33,36,41,46H,8,11,14-15,17-20,22-24,29-31H2,1-5H3,(H,53,54)(H,55,59)/t41-,46?/m1/s1. The molecule has 5 heterocycles. The van der Waals surface area contributed by atoms with Gasteiger partial charge in [0.25, 0.3) is 27.5 Å². The van der Waals surface area contributed by atoms with Crippen LogP contribution in [0.2, 0.25) is 0 Å². The third kappa shape index (κ3) is 9.03. The second-order valence-electron chi connectivity index (χ2n) is 20.9. The maximum atomic E-state index is 14.3. The van der Waals surface area contributed by atoms with E-state index in [9.17, 15) is 23.3 Å². The van der Waals surface area contributed by atoms with Crippen LogP contribution in [-0.2, 0) is 10.0 Å². The lowest BCUT2D eigenvalue weighted by Gasteiger charge is -2.56. The van der Waals surface area contributed by atoms with Gasteiger partial charge in [-0.05, 0) is 129 Å². The number of nitrogens with one attached hydrogen (secondary N) is 2. The predicted molar refractivity (Wildman–Crippen MR) is 264 cm³/mol. The van der Waals surface area contributed by atoms with E-state index >= 15 is 0 Å². The number of sulfonamides is 1. The number of ether oxygens (including phenoxy) is 3. The van der Waals surface area contributed by atoms with E-state index in [2.05, 4.69) is 76.5 Å². The topological polar surface area (TPSA) is 169 Å². The van der Waals surface area contributed by atoms with Crippen molar-refractivity contribution < 1.29 is 32.3 Å². The third-order valence-corrected chi connectivity index (χ3v) is 18.5. The summed E-state index contributed by atoms with van der Waals surface area (Å²) in [6, 6.07) is 21.1. The number of carbonyl (C=O) groups excluding carboxylic acids is 1. The van der Waals surface area contributed by atoms with Gasteiger partial charge in [-0.25, -0.2) is 13.1 Å². The zero-order chi connectivity index (χ0) is 47.5. The molecule has 0 radical (unpaired) electrons. The molecule has 0 bridgehead atoms. The Balaban J connectivity index is 0.875. The van der Waals surface area contributed by atoms with Crippen LogP contribution in [0.25, 0.3) is 11.0 Å². The van der Waals surface area contributed by atoms with E-state index in [1.54, 1.807) is 24.4 Å². The molecule has 16 heteroatoms. The van der Waals surface area contributed by atoms with Crippen molar-refractivity contribution in [1.82, 2.24) is 19.6 Å². The van der Waals surface area contributed by atoms with Crippen molar-refractivity contribution in [3.63, 3.8) is 0 Å². The van der Waals surface area contributed by atoms with E-state index < -0.39 is 25.7 Å². The minimum absolute atomic E-state index is 0.00991. The van der Waals surface area contributed by atoms with Crippen LogP contribution in [0.5, 0.6) is 23.1 Å². The first-order valence-corrected chi connectivity index (χ1v) is 26.6. The zero-order valence-corrected chi connectivity index (χ0v) is 41.2. The summed E-state index contributed by atoms with van der Waals surface area (Å²) in [6.45, 7) is 12.2. The predicted octanol–water partition coefficient (Wildman–Crippen LogP) is 11.2. The summed E-state index contributed by atoms with van der Waals surface area (Å²) in [7, 11) is -3.18. The van der Waals surface area contributed by atoms with Crippen molar-refractivity contribution in [2.24, 2.45) is 16.7 Å². The molecule has 2 saturated heterocycles. The van der Waals surface area contributed by atoms with Crippen LogP contribution in [0, 0.1) is 26.9 Å². The summed E-state index contributed by atoms with van der Waals surface area (Å²) < 4.78 is 48.5. The lowest BCUT2D eigenvalue weighted by atomic mass is 9.59. The number of anilines is 1. The molecule has 1 unspecified atom stereocenters. The molecular formula is C52H62N6O8S2. The molecule has 2 atom stereocenters. The molecule has 360 valence electrons. The average Bonchev–Trinajstić information content (AvgIpc) is 3.99. The minimum Gasteiger partial charge on any atom is -0.491 e. The Labute approximate surface area is 403 Å². The van der Waals surface area contributed by atoms with Gasteiger partial charge in [0.2, 0.25) is 0 Å². The van der Waals surface area contributed by atoms with Gasteiger partial charge in [-0.3, -0.25) is 19.8 Å². The number of thioether (sulfide) groups is 1. The Bertz CT molecular complexity index is 2840. The lowest BCUT2D eigenvalue weighted by Crippen LogP contribution is -2.54. The number of aromatic amines is 1. The first-order valence-electron chi connectivity index (χ1n) is 24.2. The molecule has 2 saturated carbocycles. The van der Waals surface area contributed by atoms with Gasteiger partial charge in [-0.1, -0.05) is 52.0 Å². The molecule has 2 N–H and O–H groups in total. The van der Waals surface area contributed by atoms with Crippen molar-refractivity contribution in [3.8, 4) is 23.1 Å². The fraction of sp³-hybridized carbons (Fsp3) is 0.500. The minimum atomic E-state index is -4.65. The SMILES string of the molecule is COc1nc2[nH]ccc2cc1Oc1cc(N2CCC3(CC2)CC(N2CCC[C@@H]2c2ccccc2C(C)C)C3)ccc1C(=O)NS(=O)(=O)c1cc2c(c([N+](=O)[O-])c1)SC(C1CCC(C)(C)CC1)CO2. The first-order chi connectivity index (χ1) is 32.6. The molecule has 2 aliphatic carbocycles. The number of nitro benzene ring substituents is 1. The fourth-order valence-corrected chi connectivity index (χ4v) is 14.1. The molecule has 4 fully saturated rings. The highest BCUT2D eigenvalue weighted by Gasteiger charge is 2.50. The number of nitro groups is 1. The second-order valence-corrected chi connectivity index (χ2v) is 23.8. The molecular weight excluding hydrogens is 901 g/mol. The summed E-state index contributed by atoms with van der Waals surface area (Å²) in [5, 5.41) is 13.2. The van der Waals surface area contributed by atoms with Crippen LogP contribution < -0.4 is 23.8 Å². The maximum absolute atomic E-state index is 14.3. The smallest absolute Gasteiger partial charge is 0.288 e. The number of nitrogens with zero attached hydrogens (tertiary/aromatic N) is 4. The second kappa shape index (κ2) is 18.2. The molecule has 10 rings (SSSR count). The van der Waals surface area contributed by atoms with Crippen LogP contribution in [0.3, 0.4) is 0 Å². The number of hydrogen-bond donors (Lipinski definition) is 2. The Morgan fingerprint density at radius 1 is 0.985 bits per heavy atom. The normalized spacial score (nSPS) is 21.9. The molecule has 68 heavy (non-hydrogen) atoms. The number of H-pyrrole nitrogens is 1. The largest absolute Gasteiger partial charge is 0.491 e. The molecule has 3 aromatic carbocycles. The molecule has 5 aliphatic rings. The number of rotatable bonds is 12. The Hall–Kier alpha value is -5.32. The van der Waals surface area contributed by atoms with Crippen LogP contribution in [-0.4, -0.2) is 78.8 Å². The van der Waals surface area contributed by atoms with Crippen molar-refractivity contribution in [1.29, 1.82) is 0 Å². The van der Waals surface area contributed by atoms with Crippen molar-refractivity contribution in [2.45, 2.75) is 125 Å². The van der Waals surface area contributed by atoms with Gasteiger partial charge in [0.15, 0.2) is 5.75 Å². The molecule has 5 aromatic rings. The third-order valence-electron chi connectivity index (χ3n) is 15.7. The lowest BCUT2D eigenvalue weighted by molar-refractivity contribution is -0.388. The highest BCUT2D eigenvalue weighted by Crippen LogP contribution is 2.55. The van der Waals surface area contributed by atoms with Gasteiger partial charge in [0, 0.05) is 65.9 Å². The van der Waals surface area contributed by atoms with Crippen LogP contribution in [0.4, 0.5) is 11.4 Å². The summed E-state index contributed by atoms with van der Waals surface area (Å²) in [5.74, 6) is 0.481. The van der Waals surface area contributed by atoms with Crippen LogP contribution in [0.15, 0.2) is 82.7 Å². The van der Waals surface area contributed by atoms with Crippen LogP contribution in [0.1, 0.15) is 125 Å². The Morgan fingerprint density at radius 2 is 1.75 bits per heavy atom. The Kier molecular flexibility index (Phi) is 12.4. The van der Waals surface area contributed by atoms with E-state index in [-0.39, 0.29) is 50.5 Å². The van der Waals surface area contributed by atoms with Crippen LogP contribution >= 0.6 is 11.8 Å². The van der Waals surface area contributed by atoms with Gasteiger partial charge in [0.05, 0.1) is 22.5 Å². The highest BCUT2D eigenvalue weighted by molar-refractivity contribution is 8.00. The number of benzene rings is 3. The monoisotopic (exact) mass is 962 g/mol. The van der Waals surface area contributed by atoms with Crippen molar-refractivity contribution in [3.05, 3.63) is 99.7 Å². The quantitative estimate of drug-likeness (QED) is 0.0898. The van der Waals surface area contributed by atoms with Crippen molar-refractivity contribution >= 4 is 50.1 Å². The summed E-state index contributed by atoms with van der Waals surface area (Å²) in [6.07, 6.45) is 12.8. The highest BCUT2D eigenvalue weighted by atomic mass is 32.2.